The summed E-state index contributed by atoms with van der Waals surface area (Å²) < 4.78 is 13.2. The molecule has 52 heavy (non-hydrogen) atoms. The molecular weight excluding hydrogens is 637 g/mol. The van der Waals surface area contributed by atoms with E-state index in [9.17, 15) is 0 Å². The number of nitrogens with zero attached hydrogens (tertiary/aromatic N) is 2. The van der Waals surface area contributed by atoms with Gasteiger partial charge in [0, 0.05) is 43.6 Å². The molecule has 0 aliphatic heterocycles. The van der Waals surface area contributed by atoms with Gasteiger partial charge >= 0.3 is 0 Å². The van der Waals surface area contributed by atoms with Gasteiger partial charge in [0.15, 0.2) is 5.82 Å². The van der Waals surface area contributed by atoms with Gasteiger partial charge in [0.05, 0.1) is 11.4 Å². The van der Waals surface area contributed by atoms with Crippen molar-refractivity contribution in [3.63, 3.8) is 0 Å². The van der Waals surface area contributed by atoms with Crippen LogP contribution in [0.1, 0.15) is 0 Å². The summed E-state index contributed by atoms with van der Waals surface area (Å²) in [4.78, 5) is 10.4. The van der Waals surface area contributed by atoms with Gasteiger partial charge in [-0.05, 0) is 69.8 Å². The van der Waals surface area contributed by atoms with E-state index in [0.29, 0.717) is 5.82 Å². The highest BCUT2D eigenvalue weighted by Gasteiger charge is 2.19. The monoisotopic (exact) mass is 664 g/mol. The van der Waals surface area contributed by atoms with Crippen molar-refractivity contribution in [3.05, 3.63) is 170 Å². The molecule has 3 heterocycles. The number of benzene rings is 8. The fraction of sp³-hybridized carbons (Fsp3) is 0. The molecule has 0 spiro atoms. The van der Waals surface area contributed by atoms with Crippen LogP contribution in [0.4, 0.5) is 0 Å². The normalized spacial score (nSPS) is 11.8. The summed E-state index contributed by atoms with van der Waals surface area (Å²) in [6.07, 6.45) is 0. The van der Waals surface area contributed by atoms with Gasteiger partial charge in [-0.15, -0.1) is 0 Å². The van der Waals surface area contributed by atoms with E-state index in [2.05, 4.69) is 152 Å². The maximum absolute atomic E-state index is 6.72. The van der Waals surface area contributed by atoms with Gasteiger partial charge in [0.2, 0.25) is 0 Å². The van der Waals surface area contributed by atoms with E-state index in [1.54, 1.807) is 0 Å². The van der Waals surface area contributed by atoms with Crippen molar-refractivity contribution >= 4 is 65.4 Å². The third-order valence-electron chi connectivity index (χ3n) is 10.3. The van der Waals surface area contributed by atoms with Crippen LogP contribution in [0, 0.1) is 0 Å². The average molecular weight is 665 g/mol. The van der Waals surface area contributed by atoms with E-state index in [0.717, 1.165) is 88.1 Å². The second-order valence-corrected chi connectivity index (χ2v) is 13.3. The Hall–Kier alpha value is -7.04. The van der Waals surface area contributed by atoms with Crippen LogP contribution in [0.3, 0.4) is 0 Å². The van der Waals surface area contributed by atoms with Crippen molar-refractivity contribution < 1.29 is 8.83 Å². The molecule has 4 heteroatoms. The predicted octanol–water partition coefficient (Wildman–Crippen LogP) is 13.2. The second kappa shape index (κ2) is 11.2. The molecule has 0 saturated carbocycles. The Labute approximate surface area is 298 Å². The van der Waals surface area contributed by atoms with Crippen LogP contribution in [0.2, 0.25) is 0 Å². The Bertz CT molecular complexity index is 3190. The molecule has 3 aromatic heterocycles. The zero-order chi connectivity index (χ0) is 34.2. The molecule has 0 atom stereocenters. The summed E-state index contributed by atoms with van der Waals surface area (Å²) in [6, 6.07) is 59.0. The lowest BCUT2D eigenvalue weighted by molar-refractivity contribution is 0.669. The predicted molar refractivity (Wildman–Crippen MR) is 213 cm³/mol. The summed E-state index contributed by atoms with van der Waals surface area (Å²) in [7, 11) is 0. The number of hydrogen-bond donors (Lipinski definition) is 0. The van der Waals surface area contributed by atoms with Crippen molar-refractivity contribution in [2.45, 2.75) is 0 Å². The fourth-order valence-electron chi connectivity index (χ4n) is 7.75. The summed E-state index contributed by atoms with van der Waals surface area (Å²) >= 11 is 0. The van der Waals surface area contributed by atoms with Gasteiger partial charge in [0.1, 0.15) is 22.3 Å². The molecule has 0 amide bonds. The van der Waals surface area contributed by atoms with Crippen molar-refractivity contribution in [1.82, 2.24) is 9.97 Å². The highest BCUT2D eigenvalue weighted by atomic mass is 16.3. The Balaban J connectivity index is 1.13. The SMILES string of the molecule is c1ccc(-c2cc3c4ccc(-c5nc(-c6ccc7ccccc7c6)cc(-c6cccc7c6oc6ccccc67)n5)cc4oc3c3ccccc23)cc1. The van der Waals surface area contributed by atoms with Crippen molar-refractivity contribution in [3.8, 4) is 45.0 Å². The smallest absolute Gasteiger partial charge is 0.160 e. The quantitative estimate of drug-likeness (QED) is 0.188. The van der Waals surface area contributed by atoms with Crippen LogP contribution in [0.25, 0.3) is 110 Å². The lowest BCUT2D eigenvalue weighted by atomic mass is 9.95. The highest BCUT2D eigenvalue weighted by Crippen LogP contribution is 2.41. The molecule has 11 rings (SSSR count). The Morgan fingerprint density at radius 3 is 1.90 bits per heavy atom. The molecule has 0 saturated heterocycles. The minimum Gasteiger partial charge on any atom is -0.455 e. The van der Waals surface area contributed by atoms with Gasteiger partial charge in [-0.1, -0.05) is 127 Å². The minimum absolute atomic E-state index is 0.617. The van der Waals surface area contributed by atoms with E-state index < -0.39 is 0 Å². The molecule has 0 aliphatic rings. The van der Waals surface area contributed by atoms with E-state index >= 15 is 0 Å². The first-order valence-corrected chi connectivity index (χ1v) is 17.5. The number of furan rings is 2. The molecule has 8 aromatic carbocycles. The maximum atomic E-state index is 6.72. The Morgan fingerprint density at radius 2 is 1.00 bits per heavy atom. The molecule has 0 fully saturated rings. The van der Waals surface area contributed by atoms with Gasteiger partial charge in [-0.25, -0.2) is 9.97 Å². The molecule has 0 bridgehead atoms. The fourth-order valence-corrected chi connectivity index (χ4v) is 7.75. The first-order chi connectivity index (χ1) is 25.7. The van der Waals surface area contributed by atoms with Crippen LogP contribution in [-0.4, -0.2) is 9.97 Å². The van der Waals surface area contributed by atoms with Crippen molar-refractivity contribution in [2.75, 3.05) is 0 Å². The molecule has 0 aliphatic carbocycles. The van der Waals surface area contributed by atoms with Crippen LogP contribution < -0.4 is 0 Å². The first kappa shape index (κ1) is 28.8. The number of hydrogen-bond acceptors (Lipinski definition) is 4. The molecule has 242 valence electrons. The number of fused-ring (bicyclic) bond motifs is 9. The van der Waals surface area contributed by atoms with Crippen molar-refractivity contribution in [1.29, 1.82) is 0 Å². The summed E-state index contributed by atoms with van der Waals surface area (Å²) in [6.45, 7) is 0. The molecule has 0 unspecified atom stereocenters. The molecule has 0 N–H and O–H groups in total. The van der Waals surface area contributed by atoms with E-state index in [4.69, 9.17) is 18.8 Å². The lowest BCUT2D eigenvalue weighted by Crippen LogP contribution is -1.96. The standard InChI is InChI=1S/C48H28N2O2/c1-2-12-30(13-3-1)40-27-41-36-24-23-33(26-45(36)52-47(41)37-17-7-6-15-34(37)40)48-49-42(32-22-21-29-11-4-5-14-31(29)25-32)28-43(50-48)39-19-10-18-38-35-16-8-9-20-44(35)51-46(38)39/h1-28H. The second-order valence-electron chi connectivity index (χ2n) is 13.3. The zero-order valence-corrected chi connectivity index (χ0v) is 27.9. The maximum Gasteiger partial charge on any atom is 0.160 e. The van der Waals surface area contributed by atoms with Crippen LogP contribution in [0.5, 0.6) is 0 Å². The summed E-state index contributed by atoms with van der Waals surface area (Å²) in [5.74, 6) is 0.617. The molecular formula is C48H28N2O2. The van der Waals surface area contributed by atoms with E-state index in [-0.39, 0.29) is 0 Å². The zero-order valence-electron chi connectivity index (χ0n) is 27.9. The van der Waals surface area contributed by atoms with E-state index in [1.165, 1.54) is 16.5 Å². The average Bonchev–Trinajstić information content (AvgIpc) is 3.79. The third kappa shape index (κ3) is 4.48. The van der Waals surface area contributed by atoms with Gasteiger partial charge < -0.3 is 8.83 Å². The van der Waals surface area contributed by atoms with Crippen molar-refractivity contribution in [2.24, 2.45) is 0 Å². The topological polar surface area (TPSA) is 52.1 Å². The van der Waals surface area contributed by atoms with Crippen LogP contribution in [0.15, 0.2) is 179 Å². The lowest BCUT2D eigenvalue weighted by Gasteiger charge is -2.10. The minimum atomic E-state index is 0.617. The number of aromatic nitrogens is 2. The van der Waals surface area contributed by atoms with Gasteiger partial charge in [0.25, 0.3) is 0 Å². The first-order valence-electron chi connectivity index (χ1n) is 17.5. The number of para-hydroxylation sites is 2. The van der Waals surface area contributed by atoms with Gasteiger partial charge in [-0.2, -0.15) is 0 Å². The number of rotatable bonds is 4. The Morgan fingerprint density at radius 1 is 0.327 bits per heavy atom. The van der Waals surface area contributed by atoms with Crippen LogP contribution in [-0.2, 0) is 0 Å². The molecule has 0 radical (unpaired) electrons. The Kier molecular flexibility index (Phi) is 6.22. The molecule has 11 aromatic rings. The highest BCUT2D eigenvalue weighted by molar-refractivity contribution is 6.19. The van der Waals surface area contributed by atoms with Crippen LogP contribution >= 0.6 is 0 Å². The largest absolute Gasteiger partial charge is 0.455 e. The van der Waals surface area contributed by atoms with Gasteiger partial charge in [-0.3, -0.25) is 0 Å². The summed E-state index contributed by atoms with van der Waals surface area (Å²) in [5.41, 5.74) is 10.1. The molecule has 4 nitrogen and oxygen atoms in total. The van der Waals surface area contributed by atoms with E-state index in [1.807, 2.05) is 18.2 Å². The summed E-state index contributed by atoms with van der Waals surface area (Å²) in [5, 5.41) is 8.89. The third-order valence-corrected chi connectivity index (χ3v) is 10.3.